The summed E-state index contributed by atoms with van der Waals surface area (Å²) in [6.07, 6.45) is 0.750. The number of carbonyl (C=O) groups excluding carboxylic acids is 1. The molecule has 0 radical (unpaired) electrons. The molecule has 0 aromatic carbocycles. The SMILES string of the molecule is CC(O)CC(C)(C)CC(C)(C)C(=O)OO. The highest BCUT2D eigenvalue weighted by atomic mass is 17.1. The Morgan fingerprint density at radius 3 is 2.13 bits per heavy atom. The van der Waals surface area contributed by atoms with Crippen LogP contribution in [0.4, 0.5) is 0 Å². The van der Waals surface area contributed by atoms with Crippen molar-refractivity contribution in [1.29, 1.82) is 0 Å². The predicted octanol–water partition coefficient (Wildman–Crippen LogP) is 2.22. The third-order valence-corrected chi connectivity index (χ3v) is 2.40. The van der Waals surface area contributed by atoms with Gasteiger partial charge in [0.15, 0.2) is 0 Å². The summed E-state index contributed by atoms with van der Waals surface area (Å²) in [7, 11) is 0. The van der Waals surface area contributed by atoms with Crippen LogP contribution in [0.25, 0.3) is 0 Å². The summed E-state index contributed by atoms with van der Waals surface area (Å²) in [6.45, 7) is 9.11. The normalized spacial score (nSPS) is 14.9. The Hall–Kier alpha value is -0.610. The molecule has 15 heavy (non-hydrogen) atoms. The molecule has 4 nitrogen and oxygen atoms in total. The van der Waals surface area contributed by atoms with Crippen LogP contribution in [-0.2, 0) is 9.68 Å². The van der Waals surface area contributed by atoms with E-state index in [1.807, 2.05) is 13.8 Å². The fourth-order valence-electron chi connectivity index (χ4n) is 2.26. The van der Waals surface area contributed by atoms with Gasteiger partial charge in [-0.1, -0.05) is 13.8 Å². The van der Waals surface area contributed by atoms with Crippen molar-refractivity contribution in [1.82, 2.24) is 0 Å². The van der Waals surface area contributed by atoms with Crippen LogP contribution in [0.2, 0.25) is 0 Å². The van der Waals surface area contributed by atoms with Crippen LogP contribution in [0, 0.1) is 10.8 Å². The van der Waals surface area contributed by atoms with Crippen LogP contribution in [0.1, 0.15) is 47.5 Å². The molecule has 0 spiro atoms. The minimum Gasteiger partial charge on any atom is -0.393 e. The number of hydrogen-bond donors (Lipinski definition) is 2. The summed E-state index contributed by atoms with van der Waals surface area (Å²) in [5, 5.41) is 17.7. The minimum absolute atomic E-state index is 0.175. The highest BCUT2D eigenvalue weighted by Crippen LogP contribution is 2.37. The first-order valence-corrected chi connectivity index (χ1v) is 5.15. The predicted molar refractivity (Wildman–Crippen MR) is 57.2 cm³/mol. The van der Waals surface area contributed by atoms with Gasteiger partial charge >= 0.3 is 5.97 Å². The summed E-state index contributed by atoms with van der Waals surface area (Å²) in [5.41, 5.74) is -0.918. The van der Waals surface area contributed by atoms with Crippen molar-refractivity contribution >= 4 is 5.97 Å². The van der Waals surface area contributed by atoms with Gasteiger partial charge in [-0.2, -0.15) is 5.26 Å². The second-order valence-corrected chi connectivity index (χ2v) is 5.66. The van der Waals surface area contributed by atoms with E-state index in [4.69, 9.17) is 5.26 Å². The second kappa shape index (κ2) is 4.94. The first kappa shape index (κ1) is 14.4. The molecule has 2 N–H and O–H groups in total. The zero-order valence-corrected chi connectivity index (χ0v) is 10.2. The number of aliphatic hydroxyl groups excluding tert-OH is 1. The van der Waals surface area contributed by atoms with Crippen molar-refractivity contribution in [2.24, 2.45) is 10.8 Å². The lowest BCUT2D eigenvalue weighted by atomic mass is 9.72. The van der Waals surface area contributed by atoms with Crippen molar-refractivity contribution in [3.05, 3.63) is 0 Å². The molecule has 90 valence electrons. The Bertz CT molecular complexity index is 219. The molecule has 0 bridgehead atoms. The van der Waals surface area contributed by atoms with Crippen LogP contribution in [0.5, 0.6) is 0 Å². The molecule has 0 aliphatic heterocycles. The van der Waals surface area contributed by atoms with Crippen LogP contribution >= 0.6 is 0 Å². The molecule has 1 unspecified atom stereocenters. The first-order chi connectivity index (χ1) is 6.60. The molecule has 0 aliphatic carbocycles. The Morgan fingerprint density at radius 1 is 1.33 bits per heavy atom. The summed E-state index contributed by atoms with van der Waals surface area (Å²) in [5.74, 6) is -0.638. The maximum absolute atomic E-state index is 11.3. The van der Waals surface area contributed by atoms with E-state index >= 15 is 0 Å². The Morgan fingerprint density at radius 2 is 1.80 bits per heavy atom. The third-order valence-electron chi connectivity index (χ3n) is 2.40. The largest absolute Gasteiger partial charge is 0.393 e. The van der Waals surface area contributed by atoms with E-state index < -0.39 is 17.5 Å². The average Bonchev–Trinajstić information content (AvgIpc) is 1.97. The number of carbonyl (C=O) groups is 1. The van der Waals surface area contributed by atoms with E-state index in [9.17, 15) is 9.90 Å². The Labute approximate surface area is 91.2 Å². The zero-order valence-electron chi connectivity index (χ0n) is 10.2. The van der Waals surface area contributed by atoms with E-state index in [-0.39, 0.29) is 5.41 Å². The zero-order chi connectivity index (χ0) is 12.3. The summed E-state index contributed by atoms with van der Waals surface area (Å²) < 4.78 is 0. The summed E-state index contributed by atoms with van der Waals surface area (Å²) in [6, 6.07) is 0. The van der Waals surface area contributed by atoms with Gasteiger partial charge in [0.1, 0.15) is 0 Å². The fourth-order valence-corrected chi connectivity index (χ4v) is 2.26. The van der Waals surface area contributed by atoms with E-state index in [1.165, 1.54) is 0 Å². The number of rotatable bonds is 5. The first-order valence-electron chi connectivity index (χ1n) is 5.15. The van der Waals surface area contributed by atoms with Gasteiger partial charge in [-0.25, -0.2) is 4.79 Å². The van der Waals surface area contributed by atoms with Crippen molar-refractivity contribution < 1.29 is 20.0 Å². The third kappa shape index (κ3) is 5.14. The van der Waals surface area contributed by atoms with Gasteiger partial charge in [0.25, 0.3) is 0 Å². The van der Waals surface area contributed by atoms with Crippen LogP contribution < -0.4 is 0 Å². The number of hydrogen-bond acceptors (Lipinski definition) is 4. The van der Waals surface area contributed by atoms with Crippen LogP contribution in [0.3, 0.4) is 0 Å². The van der Waals surface area contributed by atoms with Crippen molar-refractivity contribution in [3.8, 4) is 0 Å². The van der Waals surface area contributed by atoms with Gasteiger partial charge in [-0.05, 0) is 39.0 Å². The molecule has 0 aromatic rings. The van der Waals surface area contributed by atoms with Crippen molar-refractivity contribution in [2.45, 2.75) is 53.6 Å². The quantitative estimate of drug-likeness (QED) is 0.548. The van der Waals surface area contributed by atoms with E-state index in [1.54, 1.807) is 20.8 Å². The maximum atomic E-state index is 11.3. The molecule has 0 heterocycles. The van der Waals surface area contributed by atoms with Crippen LogP contribution in [0.15, 0.2) is 0 Å². The van der Waals surface area contributed by atoms with E-state index in [0.29, 0.717) is 12.8 Å². The standard InChI is InChI=1S/C11H22O4/c1-8(12)6-10(2,3)7-11(4,5)9(13)15-14/h8,12,14H,6-7H2,1-5H3. The lowest BCUT2D eigenvalue weighted by Gasteiger charge is -2.33. The maximum Gasteiger partial charge on any atom is 0.347 e. The number of aliphatic hydroxyl groups is 1. The molecule has 0 saturated heterocycles. The smallest absolute Gasteiger partial charge is 0.347 e. The van der Waals surface area contributed by atoms with Gasteiger partial charge in [-0.3, -0.25) is 0 Å². The van der Waals surface area contributed by atoms with E-state index in [2.05, 4.69) is 4.89 Å². The van der Waals surface area contributed by atoms with Gasteiger partial charge < -0.3 is 9.99 Å². The van der Waals surface area contributed by atoms with Crippen LogP contribution in [-0.4, -0.2) is 22.4 Å². The summed E-state index contributed by atoms with van der Waals surface area (Å²) in [4.78, 5) is 15.0. The minimum atomic E-state index is -0.743. The Kier molecular flexibility index (Phi) is 4.74. The van der Waals surface area contributed by atoms with Gasteiger partial charge in [0, 0.05) is 0 Å². The molecular formula is C11H22O4. The van der Waals surface area contributed by atoms with Gasteiger partial charge in [-0.15, -0.1) is 0 Å². The van der Waals surface area contributed by atoms with Gasteiger partial charge in [0.05, 0.1) is 11.5 Å². The topological polar surface area (TPSA) is 66.8 Å². The molecular weight excluding hydrogens is 196 g/mol. The molecule has 0 aromatic heterocycles. The monoisotopic (exact) mass is 218 g/mol. The lowest BCUT2D eigenvalue weighted by Crippen LogP contribution is -2.33. The molecule has 0 rings (SSSR count). The van der Waals surface area contributed by atoms with E-state index in [0.717, 1.165) is 0 Å². The molecule has 0 amide bonds. The Balaban J connectivity index is 4.49. The lowest BCUT2D eigenvalue weighted by molar-refractivity contribution is -0.245. The molecule has 1 atom stereocenters. The van der Waals surface area contributed by atoms with Gasteiger partial charge in [0.2, 0.25) is 0 Å². The average molecular weight is 218 g/mol. The molecule has 0 saturated carbocycles. The highest BCUT2D eigenvalue weighted by Gasteiger charge is 2.36. The molecule has 0 aliphatic rings. The molecule has 0 fully saturated rings. The van der Waals surface area contributed by atoms with Crippen molar-refractivity contribution in [3.63, 3.8) is 0 Å². The second-order valence-electron chi connectivity index (χ2n) is 5.66. The highest BCUT2D eigenvalue weighted by molar-refractivity contribution is 5.75. The van der Waals surface area contributed by atoms with Crippen molar-refractivity contribution in [2.75, 3.05) is 0 Å². The summed E-state index contributed by atoms with van der Waals surface area (Å²) >= 11 is 0. The fraction of sp³-hybridized carbons (Fsp3) is 0.909. The molecule has 4 heteroatoms.